The first-order valence-electron chi connectivity index (χ1n) is 6.11. The van der Waals surface area contributed by atoms with E-state index >= 15 is 0 Å². The fourth-order valence-corrected chi connectivity index (χ4v) is 1.97. The van der Waals surface area contributed by atoms with E-state index in [1.807, 2.05) is 24.3 Å². The Bertz CT molecular complexity index is 642. The Kier molecular flexibility index (Phi) is 4.48. The third-order valence-electron chi connectivity index (χ3n) is 2.85. The largest absolute Gasteiger partial charge is 0.508 e. The number of hydrogen-bond donors (Lipinski definition) is 3. The summed E-state index contributed by atoms with van der Waals surface area (Å²) in [6.07, 6.45) is 0. The molecule has 2 rings (SSSR count). The molecular formula is C15H15ClN2O2. The van der Waals surface area contributed by atoms with Crippen LogP contribution in [-0.2, 0) is 6.54 Å². The SMILES string of the molecule is C/C(=N/NCc1ccccc1Cl)c1ccc(O)cc1O. The van der Waals surface area contributed by atoms with Gasteiger partial charge in [0.2, 0.25) is 0 Å². The highest BCUT2D eigenvalue weighted by atomic mass is 35.5. The highest BCUT2D eigenvalue weighted by Crippen LogP contribution is 2.23. The fourth-order valence-electron chi connectivity index (χ4n) is 1.77. The summed E-state index contributed by atoms with van der Waals surface area (Å²) in [5, 5.41) is 23.8. The van der Waals surface area contributed by atoms with Crippen LogP contribution in [0.15, 0.2) is 47.6 Å². The summed E-state index contributed by atoms with van der Waals surface area (Å²) in [6, 6.07) is 11.9. The lowest BCUT2D eigenvalue weighted by atomic mass is 10.1. The Labute approximate surface area is 122 Å². The molecule has 0 spiro atoms. The minimum Gasteiger partial charge on any atom is -0.508 e. The van der Waals surface area contributed by atoms with Gasteiger partial charge in [0, 0.05) is 16.7 Å². The predicted molar refractivity (Wildman–Crippen MR) is 80.3 cm³/mol. The number of hydrogen-bond acceptors (Lipinski definition) is 4. The third-order valence-corrected chi connectivity index (χ3v) is 3.21. The molecule has 4 nitrogen and oxygen atoms in total. The topological polar surface area (TPSA) is 64.9 Å². The molecule has 0 aromatic heterocycles. The maximum Gasteiger partial charge on any atom is 0.128 e. The maximum atomic E-state index is 9.73. The molecule has 0 aliphatic heterocycles. The van der Waals surface area contributed by atoms with Gasteiger partial charge in [0.05, 0.1) is 12.3 Å². The zero-order valence-electron chi connectivity index (χ0n) is 11.0. The van der Waals surface area contributed by atoms with Crippen molar-refractivity contribution in [3.63, 3.8) is 0 Å². The lowest BCUT2D eigenvalue weighted by Crippen LogP contribution is -2.09. The van der Waals surface area contributed by atoms with Gasteiger partial charge in [-0.1, -0.05) is 29.8 Å². The van der Waals surface area contributed by atoms with Gasteiger partial charge in [-0.3, -0.25) is 0 Å². The second-order valence-corrected chi connectivity index (χ2v) is 4.73. The van der Waals surface area contributed by atoms with Gasteiger partial charge >= 0.3 is 0 Å². The van der Waals surface area contributed by atoms with Crippen LogP contribution < -0.4 is 5.43 Å². The van der Waals surface area contributed by atoms with Gasteiger partial charge in [0.15, 0.2) is 0 Å². The number of halogens is 1. The molecule has 0 fully saturated rings. The van der Waals surface area contributed by atoms with Crippen molar-refractivity contribution in [1.82, 2.24) is 5.43 Å². The second-order valence-electron chi connectivity index (χ2n) is 4.32. The summed E-state index contributed by atoms with van der Waals surface area (Å²) in [5.74, 6) is 0.00821. The zero-order valence-corrected chi connectivity index (χ0v) is 11.7. The zero-order chi connectivity index (χ0) is 14.5. The Balaban J connectivity index is 2.06. The normalized spacial score (nSPS) is 11.4. The molecule has 0 aliphatic carbocycles. The van der Waals surface area contributed by atoms with Gasteiger partial charge < -0.3 is 15.6 Å². The lowest BCUT2D eigenvalue weighted by Gasteiger charge is -2.07. The Morgan fingerprint density at radius 2 is 1.95 bits per heavy atom. The highest BCUT2D eigenvalue weighted by Gasteiger charge is 2.05. The second kappa shape index (κ2) is 6.30. The first-order valence-corrected chi connectivity index (χ1v) is 6.48. The van der Waals surface area contributed by atoms with Crippen molar-refractivity contribution >= 4 is 17.3 Å². The number of benzene rings is 2. The van der Waals surface area contributed by atoms with Gasteiger partial charge in [0.1, 0.15) is 11.5 Å². The van der Waals surface area contributed by atoms with E-state index in [0.717, 1.165) is 5.56 Å². The van der Waals surface area contributed by atoms with Crippen molar-refractivity contribution in [3.8, 4) is 11.5 Å². The van der Waals surface area contributed by atoms with Crippen LogP contribution in [0.25, 0.3) is 0 Å². The number of phenolic OH excluding ortho intramolecular Hbond substituents is 2. The van der Waals surface area contributed by atoms with Crippen molar-refractivity contribution in [2.24, 2.45) is 5.10 Å². The van der Waals surface area contributed by atoms with Crippen LogP contribution in [0.2, 0.25) is 5.02 Å². The van der Waals surface area contributed by atoms with E-state index < -0.39 is 0 Å². The van der Waals surface area contributed by atoms with E-state index in [9.17, 15) is 10.2 Å². The number of phenols is 2. The van der Waals surface area contributed by atoms with Gasteiger partial charge in [-0.05, 0) is 30.7 Å². The molecule has 0 heterocycles. The minimum absolute atomic E-state index is 0.00852. The van der Waals surface area contributed by atoms with Gasteiger partial charge in [0.25, 0.3) is 0 Å². The van der Waals surface area contributed by atoms with Gasteiger partial charge in [-0.2, -0.15) is 5.10 Å². The molecule has 0 amide bonds. The monoisotopic (exact) mass is 290 g/mol. The molecule has 0 saturated heterocycles. The molecule has 0 atom stereocenters. The van der Waals surface area contributed by atoms with E-state index in [4.69, 9.17) is 11.6 Å². The first-order chi connectivity index (χ1) is 9.58. The maximum absolute atomic E-state index is 9.73. The molecule has 5 heteroatoms. The average Bonchev–Trinajstić information content (AvgIpc) is 2.40. The Hall–Kier alpha value is -2.20. The summed E-state index contributed by atoms with van der Waals surface area (Å²) in [5.41, 5.74) is 5.04. The average molecular weight is 291 g/mol. The quantitative estimate of drug-likeness (QED) is 0.598. The van der Waals surface area contributed by atoms with Crippen LogP contribution in [0.3, 0.4) is 0 Å². The molecule has 104 valence electrons. The molecule has 0 unspecified atom stereocenters. The molecule has 2 aromatic carbocycles. The smallest absolute Gasteiger partial charge is 0.128 e. The Morgan fingerprint density at radius 3 is 2.65 bits per heavy atom. The van der Waals surface area contributed by atoms with E-state index in [1.165, 1.54) is 12.1 Å². The van der Waals surface area contributed by atoms with E-state index in [0.29, 0.717) is 22.8 Å². The molecule has 20 heavy (non-hydrogen) atoms. The van der Waals surface area contributed by atoms with Crippen molar-refractivity contribution in [2.45, 2.75) is 13.5 Å². The fraction of sp³-hybridized carbons (Fsp3) is 0.133. The molecule has 2 aromatic rings. The van der Waals surface area contributed by atoms with E-state index in [2.05, 4.69) is 10.5 Å². The summed E-state index contributed by atoms with van der Waals surface area (Å²) in [4.78, 5) is 0. The van der Waals surface area contributed by atoms with Crippen LogP contribution in [-0.4, -0.2) is 15.9 Å². The summed E-state index contributed by atoms with van der Waals surface area (Å²) >= 11 is 6.04. The number of hydrazone groups is 1. The Morgan fingerprint density at radius 1 is 1.20 bits per heavy atom. The molecule has 3 N–H and O–H groups in total. The number of aromatic hydroxyl groups is 2. The van der Waals surface area contributed by atoms with Crippen LogP contribution in [0.1, 0.15) is 18.1 Å². The first kappa shape index (κ1) is 14.2. The summed E-state index contributed by atoms with van der Waals surface area (Å²) in [6.45, 7) is 2.27. The van der Waals surface area contributed by atoms with Crippen molar-refractivity contribution in [1.29, 1.82) is 0 Å². The van der Waals surface area contributed by atoms with Crippen molar-refractivity contribution in [3.05, 3.63) is 58.6 Å². The molecule has 0 radical (unpaired) electrons. The lowest BCUT2D eigenvalue weighted by molar-refractivity contribution is 0.450. The van der Waals surface area contributed by atoms with Crippen LogP contribution >= 0.6 is 11.6 Å². The summed E-state index contributed by atoms with van der Waals surface area (Å²) in [7, 11) is 0. The van der Waals surface area contributed by atoms with Crippen LogP contribution in [0, 0.1) is 0 Å². The highest BCUT2D eigenvalue weighted by molar-refractivity contribution is 6.31. The molecule has 0 aliphatic rings. The van der Waals surface area contributed by atoms with Crippen LogP contribution in [0.4, 0.5) is 0 Å². The predicted octanol–water partition coefficient (Wildman–Crippen LogP) is 3.27. The molecular weight excluding hydrogens is 276 g/mol. The van der Waals surface area contributed by atoms with Crippen molar-refractivity contribution < 1.29 is 10.2 Å². The summed E-state index contributed by atoms with van der Waals surface area (Å²) < 4.78 is 0. The number of nitrogens with one attached hydrogen (secondary N) is 1. The molecule has 0 saturated carbocycles. The number of rotatable bonds is 4. The van der Waals surface area contributed by atoms with E-state index in [-0.39, 0.29) is 11.5 Å². The third kappa shape index (κ3) is 3.42. The minimum atomic E-state index is -0.00852. The van der Waals surface area contributed by atoms with E-state index in [1.54, 1.807) is 13.0 Å². The standard InChI is InChI=1S/C15H15ClN2O2/c1-10(13-7-6-12(19)8-15(13)20)18-17-9-11-4-2-3-5-14(11)16/h2-8,17,19-20H,9H2,1H3/b18-10-. The van der Waals surface area contributed by atoms with Crippen LogP contribution in [0.5, 0.6) is 11.5 Å². The molecule has 0 bridgehead atoms. The van der Waals surface area contributed by atoms with Crippen molar-refractivity contribution in [2.75, 3.05) is 0 Å². The van der Waals surface area contributed by atoms with Gasteiger partial charge in [-0.25, -0.2) is 0 Å². The number of nitrogens with zero attached hydrogens (tertiary/aromatic N) is 1. The van der Waals surface area contributed by atoms with Gasteiger partial charge in [-0.15, -0.1) is 0 Å².